The van der Waals surface area contributed by atoms with Crippen LogP contribution >= 0.6 is 11.3 Å². The van der Waals surface area contributed by atoms with Crippen molar-refractivity contribution in [1.82, 2.24) is 5.32 Å². The highest BCUT2D eigenvalue weighted by Crippen LogP contribution is 2.16. The molecule has 114 valence electrons. The zero-order valence-electron chi connectivity index (χ0n) is 12.6. The molecule has 0 amide bonds. The Morgan fingerprint density at radius 3 is 2.26 bits per heavy atom. The highest BCUT2D eigenvalue weighted by atomic mass is 32.1. The number of carbonyl (C=O) groups excluding carboxylic acids is 1. The van der Waals surface area contributed by atoms with E-state index in [1.807, 2.05) is 66.0 Å². The fraction of sp³-hybridized carbons (Fsp3) is 0.0500. The summed E-state index contributed by atoms with van der Waals surface area (Å²) < 4.78 is 0. The number of ketones is 1. The Balaban J connectivity index is 1.83. The average Bonchev–Trinajstić information content (AvgIpc) is 3.15. The molecule has 3 rings (SSSR count). The molecule has 0 aliphatic heterocycles. The number of rotatable bonds is 6. The molecule has 0 saturated carbocycles. The number of benzene rings is 2. The molecule has 0 aliphatic carbocycles. The highest BCUT2D eigenvalue weighted by Gasteiger charge is 2.08. The van der Waals surface area contributed by atoms with Gasteiger partial charge in [-0.3, -0.25) is 4.79 Å². The lowest BCUT2D eigenvalue weighted by molar-refractivity contribution is 0.105. The molecule has 0 fully saturated rings. The maximum Gasteiger partial charge on any atom is 0.197 e. The number of carbonyl (C=O) groups is 1. The Morgan fingerprint density at radius 1 is 0.913 bits per heavy atom. The molecular formula is C20H17NOS. The van der Waals surface area contributed by atoms with Crippen LogP contribution in [0.25, 0.3) is 5.70 Å². The van der Waals surface area contributed by atoms with Crippen molar-refractivity contribution in [3.63, 3.8) is 0 Å². The third-order valence-corrected chi connectivity index (χ3v) is 4.33. The van der Waals surface area contributed by atoms with Gasteiger partial charge >= 0.3 is 0 Å². The zero-order chi connectivity index (χ0) is 15.9. The van der Waals surface area contributed by atoms with Gasteiger partial charge in [0, 0.05) is 18.3 Å². The number of hydrogen-bond donors (Lipinski definition) is 1. The maximum atomic E-state index is 12.4. The largest absolute Gasteiger partial charge is 0.380 e. The average molecular weight is 319 g/mol. The molecule has 0 bridgehead atoms. The van der Waals surface area contributed by atoms with Crippen LogP contribution in [0.15, 0.2) is 84.3 Å². The van der Waals surface area contributed by atoms with Gasteiger partial charge in [0.15, 0.2) is 5.78 Å². The van der Waals surface area contributed by atoms with Crippen LogP contribution in [0.4, 0.5) is 0 Å². The molecule has 0 saturated heterocycles. The number of thiophene rings is 1. The Morgan fingerprint density at radius 2 is 1.61 bits per heavy atom. The van der Waals surface area contributed by atoms with Crippen molar-refractivity contribution in [2.24, 2.45) is 0 Å². The molecule has 2 nitrogen and oxygen atoms in total. The molecule has 0 spiro atoms. The summed E-state index contributed by atoms with van der Waals surface area (Å²) in [4.78, 5) is 13.1. The minimum Gasteiger partial charge on any atom is -0.380 e. The minimum absolute atomic E-state index is 0.0272. The topological polar surface area (TPSA) is 29.1 Å². The first-order chi connectivity index (χ1) is 11.3. The molecule has 3 heteroatoms. The quantitative estimate of drug-likeness (QED) is 0.524. The van der Waals surface area contributed by atoms with Crippen molar-refractivity contribution in [2.45, 2.75) is 6.54 Å². The van der Waals surface area contributed by atoms with Crippen LogP contribution in [0.5, 0.6) is 0 Å². The van der Waals surface area contributed by atoms with Crippen LogP contribution in [-0.2, 0) is 6.54 Å². The van der Waals surface area contributed by atoms with Crippen LogP contribution < -0.4 is 5.32 Å². The van der Waals surface area contributed by atoms with Crippen molar-refractivity contribution >= 4 is 22.8 Å². The van der Waals surface area contributed by atoms with Crippen molar-refractivity contribution in [1.29, 1.82) is 0 Å². The van der Waals surface area contributed by atoms with Gasteiger partial charge in [0.1, 0.15) is 0 Å². The van der Waals surface area contributed by atoms with E-state index in [1.165, 1.54) is 16.9 Å². The van der Waals surface area contributed by atoms with E-state index in [-0.39, 0.29) is 5.78 Å². The Hall–Kier alpha value is -2.65. The van der Waals surface area contributed by atoms with Gasteiger partial charge in [-0.05, 0) is 22.6 Å². The molecule has 1 heterocycles. The predicted molar refractivity (Wildman–Crippen MR) is 96.4 cm³/mol. The van der Waals surface area contributed by atoms with Crippen LogP contribution in [0.2, 0.25) is 0 Å². The summed E-state index contributed by atoms with van der Waals surface area (Å²) in [5.41, 5.74) is 3.03. The van der Waals surface area contributed by atoms with Gasteiger partial charge in [0.25, 0.3) is 0 Å². The first kappa shape index (κ1) is 15.3. The van der Waals surface area contributed by atoms with Gasteiger partial charge < -0.3 is 5.32 Å². The maximum absolute atomic E-state index is 12.4. The fourth-order valence-electron chi connectivity index (χ4n) is 2.27. The molecule has 23 heavy (non-hydrogen) atoms. The lowest BCUT2D eigenvalue weighted by Gasteiger charge is -2.11. The van der Waals surface area contributed by atoms with Crippen LogP contribution in [-0.4, -0.2) is 5.78 Å². The van der Waals surface area contributed by atoms with Gasteiger partial charge in [0.05, 0.1) is 4.88 Å². The molecule has 1 N–H and O–H groups in total. The highest BCUT2D eigenvalue weighted by molar-refractivity contribution is 7.12. The fourth-order valence-corrected chi connectivity index (χ4v) is 2.90. The summed E-state index contributed by atoms with van der Waals surface area (Å²) >= 11 is 1.46. The molecule has 0 aliphatic rings. The molecule has 3 aromatic rings. The van der Waals surface area contributed by atoms with Crippen molar-refractivity contribution in [3.8, 4) is 0 Å². The summed E-state index contributed by atoms with van der Waals surface area (Å²) in [6.07, 6.45) is 1.68. The van der Waals surface area contributed by atoms with E-state index >= 15 is 0 Å². The number of hydrogen-bond acceptors (Lipinski definition) is 3. The van der Waals surface area contributed by atoms with Crippen LogP contribution in [0.1, 0.15) is 20.8 Å². The lowest BCUT2D eigenvalue weighted by atomic mass is 10.1. The second kappa shape index (κ2) is 7.56. The van der Waals surface area contributed by atoms with Crippen molar-refractivity contribution < 1.29 is 4.79 Å². The molecular weight excluding hydrogens is 302 g/mol. The van der Waals surface area contributed by atoms with E-state index in [0.717, 1.165) is 16.1 Å². The predicted octanol–water partition coefficient (Wildman–Crippen LogP) is 4.76. The minimum atomic E-state index is 0.0272. The molecule has 1 aromatic heterocycles. The first-order valence-corrected chi connectivity index (χ1v) is 8.33. The van der Waals surface area contributed by atoms with Gasteiger partial charge in [-0.2, -0.15) is 0 Å². The summed E-state index contributed by atoms with van der Waals surface area (Å²) in [7, 11) is 0. The van der Waals surface area contributed by atoms with Crippen LogP contribution in [0.3, 0.4) is 0 Å². The normalized spacial score (nSPS) is 11.2. The smallest absolute Gasteiger partial charge is 0.197 e. The van der Waals surface area contributed by atoms with E-state index in [4.69, 9.17) is 0 Å². The number of nitrogens with one attached hydrogen (secondary N) is 1. The van der Waals surface area contributed by atoms with Crippen molar-refractivity contribution in [2.75, 3.05) is 0 Å². The molecule has 0 atom stereocenters. The van der Waals surface area contributed by atoms with Gasteiger partial charge in [0.2, 0.25) is 0 Å². The Bertz CT molecular complexity index is 777. The second-order valence-corrected chi connectivity index (χ2v) is 6.05. The first-order valence-electron chi connectivity index (χ1n) is 7.46. The van der Waals surface area contributed by atoms with E-state index in [2.05, 4.69) is 17.4 Å². The molecule has 2 aromatic carbocycles. The summed E-state index contributed by atoms with van der Waals surface area (Å²) in [6.45, 7) is 0.680. The summed E-state index contributed by atoms with van der Waals surface area (Å²) in [5, 5.41) is 5.31. The van der Waals surface area contributed by atoms with Gasteiger partial charge in [-0.15, -0.1) is 11.3 Å². The van der Waals surface area contributed by atoms with E-state index < -0.39 is 0 Å². The van der Waals surface area contributed by atoms with Crippen molar-refractivity contribution in [3.05, 3.63) is 100 Å². The second-order valence-electron chi connectivity index (χ2n) is 5.10. The summed E-state index contributed by atoms with van der Waals surface area (Å²) in [6, 6.07) is 23.8. The van der Waals surface area contributed by atoms with Gasteiger partial charge in [-0.1, -0.05) is 66.7 Å². The Kier molecular flexibility index (Phi) is 5.02. The van der Waals surface area contributed by atoms with Gasteiger partial charge in [-0.25, -0.2) is 0 Å². The van der Waals surface area contributed by atoms with E-state index in [1.54, 1.807) is 6.08 Å². The zero-order valence-corrected chi connectivity index (χ0v) is 13.4. The third-order valence-electron chi connectivity index (χ3n) is 3.45. The SMILES string of the molecule is O=C(/C=C(\NCc1ccccc1)c1ccccc1)c1cccs1. The Labute approximate surface area is 140 Å². The number of allylic oxidation sites excluding steroid dienone is 1. The molecule has 0 unspecified atom stereocenters. The molecule has 0 radical (unpaired) electrons. The summed E-state index contributed by atoms with van der Waals surface area (Å²) in [5.74, 6) is 0.0272. The standard InChI is InChI=1S/C20H17NOS/c22-19(20-12-7-13-23-20)14-18(17-10-5-2-6-11-17)21-15-16-8-3-1-4-9-16/h1-14,21H,15H2/b18-14-. The third kappa shape index (κ3) is 4.18. The monoisotopic (exact) mass is 319 g/mol. The van der Waals surface area contributed by atoms with Crippen LogP contribution in [0, 0.1) is 0 Å². The van der Waals surface area contributed by atoms with E-state index in [0.29, 0.717) is 6.54 Å². The van der Waals surface area contributed by atoms with E-state index in [9.17, 15) is 4.79 Å². The lowest BCUT2D eigenvalue weighted by Crippen LogP contribution is -2.13.